The van der Waals surface area contributed by atoms with Crippen molar-refractivity contribution in [2.75, 3.05) is 26.7 Å². The molecule has 1 aromatic rings. The zero-order valence-corrected chi connectivity index (χ0v) is 16.1. The molecule has 3 amide bonds. The molecule has 2 aliphatic rings. The molecule has 9 nitrogen and oxygen atoms in total. The van der Waals surface area contributed by atoms with Crippen molar-refractivity contribution in [2.24, 2.45) is 0 Å². The molecule has 152 valence electrons. The number of non-ortho nitro benzene ring substituents is 1. The van der Waals surface area contributed by atoms with E-state index in [1.165, 1.54) is 12.1 Å². The van der Waals surface area contributed by atoms with Gasteiger partial charge in [-0.2, -0.15) is 0 Å². The fraction of sp³-hybridized carbons (Fsp3) is 0.579. The van der Waals surface area contributed by atoms with E-state index in [4.69, 9.17) is 0 Å². The first kappa shape index (κ1) is 20.1. The van der Waals surface area contributed by atoms with Crippen LogP contribution in [-0.2, 0) is 11.3 Å². The van der Waals surface area contributed by atoms with Gasteiger partial charge in [-0.15, -0.1) is 0 Å². The van der Waals surface area contributed by atoms with Gasteiger partial charge < -0.3 is 15.5 Å². The van der Waals surface area contributed by atoms with E-state index >= 15 is 0 Å². The number of nitro groups is 1. The van der Waals surface area contributed by atoms with Gasteiger partial charge in [0.15, 0.2) is 0 Å². The van der Waals surface area contributed by atoms with Gasteiger partial charge >= 0.3 is 6.03 Å². The molecule has 28 heavy (non-hydrogen) atoms. The van der Waals surface area contributed by atoms with Crippen LogP contribution in [-0.4, -0.2) is 65.4 Å². The van der Waals surface area contributed by atoms with Crippen LogP contribution in [0, 0.1) is 10.1 Å². The monoisotopic (exact) mass is 389 g/mol. The molecule has 2 fully saturated rings. The normalized spacial score (nSPS) is 23.3. The Hall–Kier alpha value is -2.68. The Morgan fingerprint density at radius 1 is 1.21 bits per heavy atom. The zero-order valence-electron chi connectivity index (χ0n) is 16.1. The van der Waals surface area contributed by atoms with E-state index in [1.54, 1.807) is 12.1 Å². The minimum absolute atomic E-state index is 0.0232. The third-order valence-electron chi connectivity index (χ3n) is 5.49. The lowest BCUT2D eigenvalue weighted by Crippen LogP contribution is -2.60. The molecule has 2 atom stereocenters. The second kappa shape index (κ2) is 9.01. The molecule has 1 heterocycles. The van der Waals surface area contributed by atoms with Crippen LogP contribution in [0.1, 0.15) is 31.2 Å². The number of hydrogen-bond acceptors (Lipinski definition) is 5. The van der Waals surface area contributed by atoms with Crippen molar-refractivity contribution in [3.63, 3.8) is 0 Å². The minimum atomic E-state index is -0.452. The fourth-order valence-electron chi connectivity index (χ4n) is 3.94. The molecule has 1 aromatic carbocycles. The van der Waals surface area contributed by atoms with Crippen LogP contribution in [0.5, 0.6) is 0 Å². The Balaban J connectivity index is 1.54. The second-order valence-electron chi connectivity index (χ2n) is 7.53. The lowest BCUT2D eigenvalue weighted by atomic mass is 9.88. The maximum Gasteiger partial charge on any atom is 0.315 e. The lowest BCUT2D eigenvalue weighted by molar-refractivity contribution is -0.384. The van der Waals surface area contributed by atoms with Crippen LogP contribution in [0.3, 0.4) is 0 Å². The molecular formula is C19H27N5O4. The molecule has 1 saturated carbocycles. The van der Waals surface area contributed by atoms with Crippen molar-refractivity contribution in [1.29, 1.82) is 0 Å². The highest BCUT2D eigenvalue weighted by molar-refractivity contribution is 5.79. The number of nitro benzene ring substituents is 1. The summed E-state index contributed by atoms with van der Waals surface area (Å²) in [7, 11) is 1.94. The average Bonchev–Trinajstić information content (AvgIpc) is 2.67. The molecule has 0 aromatic heterocycles. The third kappa shape index (κ3) is 4.98. The van der Waals surface area contributed by atoms with Crippen molar-refractivity contribution < 1.29 is 14.5 Å². The van der Waals surface area contributed by atoms with Crippen LogP contribution in [0.25, 0.3) is 0 Å². The van der Waals surface area contributed by atoms with Crippen LogP contribution >= 0.6 is 0 Å². The summed E-state index contributed by atoms with van der Waals surface area (Å²) < 4.78 is 0. The summed E-state index contributed by atoms with van der Waals surface area (Å²) in [6, 6.07) is 5.81. The van der Waals surface area contributed by atoms with E-state index in [2.05, 4.69) is 10.6 Å². The summed E-state index contributed by atoms with van der Waals surface area (Å²) >= 11 is 0. The third-order valence-corrected chi connectivity index (χ3v) is 5.49. The Morgan fingerprint density at radius 3 is 2.61 bits per heavy atom. The molecule has 1 saturated heterocycles. The van der Waals surface area contributed by atoms with Crippen LogP contribution in [0.15, 0.2) is 24.3 Å². The molecule has 0 spiro atoms. The topological polar surface area (TPSA) is 108 Å². The summed E-state index contributed by atoms with van der Waals surface area (Å²) in [5.41, 5.74) is 0.810. The highest BCUT2D eigenvalue weighted by Crippen LogP contribution is 2.24. The molecule has 0 bridgehead atoms. The standard InChI is InChI=1S/C19H27N5O4/c1-22-10-11-23(18(25)13-22)17-5-3-2-4-16(17)21-19(26)20-12-14-6-8-15(9-7-14)24(27)28/h6-9,16-17H,2-5,10-13H2,1H3,(H2,20,21,26)/t16-,17-/m1/s1. The Bertz CT molecular complexity index is 724. The summed E-state index contributed by atoms with van der Waals surface area (Å²) in [6.07, 6.45) is 3.86. The SMILES string of the molecule is CN1CCN([C@@H]2CCCC[C@H]2NC(=O)NCc2ccc([N+](=O)[O-])cc2)C(=O)C1. The van der Waals surface area contributed by atoms with Crippen LogP contribution < -0.4 is 10.6 Å². The summed E-state index contributed by atoms with van der Waals surface area (Å²) in [5, 5.41) is 16.5. The Morgan fingerprint density at radius 2 is 1.93 bits per heavy atom. The average molecular weight is 389 g/mol. The molecule has 9 heteroatoms. The van der Waals surface area contributed by atoms with E-state index in [-0.39, 0.29) is 36.3 Å². The number of amides is 3. The maximum atomic E-state index is 12.4. The van der Waals surface area contributed by atoms with Crippen molar-refractivity contribution in [3.8, 4) is 0 Å². The Kier molecular flexibility index (Phi) is 6.45. The van der Waals surface area contributed by atoms with Gasteiger partial charge in [-0.3, -0.25) is 19.8 Å². The van der Waals surface area contributed by atoms with Gasteiger partial charge in [0.1, 0.15) is 0 Å². The highest BCUT2D eigenvalue weighted by atomic mass is 16.6. The first-order chi connectivity index (χ1) is 13.4. The number of nitrogens with zero attached hydrogens (tertiary/aromatic N) is 3. The van der Waals surface area contributed by atoms with Gasteiger partial charge in [0, 0.05) is 31.8 Å². The number of carbonyl (C=O) groups excluding carboxylic acids is 2. The van der Waals surface area contributed by atoms with E-state index in [0.717, 1.165) is 37.8 Å². The summed E-state index contributed by atoms with van der Waals surface area (Å²) in [4.78, 5) is 39.0. The molecule has 3 rings (SSSR count). The zero-order chi connectivity index (χ0) is 20.1. The van der Waals surface area contributed by atoms with Crippen LogP contribution in [0.2, 0.25) is 0 Å². The molecular weight excluding hydrogens is 362 g/mol. The van der Waals surface area contributed by atoms with Crippen molar-refractivity contribution >= 4 is 17.6 Å². The molecule has 0 radical (unpaired) electrons. The number of hydrogen-bond donors (Lipinski definition) is 2. The van der Waals surface area contributed by atoms with Crippen molar-refractivity contribution in [3.05, 3.63) is 39.9 Å². The quantitative estimate of drug-likeness (QED) is 0.586. The molecule has 1 aliphatic heterocycles. The molecule has 2 N–H and O–H groups in total. The van der Waals surface area contributed by atoms with Gasteiger partial charge in [0.2, 0.25) is 5.91 Å². The number of likely N-dealkylation sites (N-methyl/N-ethyl adjacent to an activating group) is 1. The number of benzene rings is 1. The van der Waals surface area contributed by atoms with Gasteiger partial charge in [-0.05, 0) is 25.5 Å². The van der Waals surface area contributed by atoms with Gasteiger partial charge in [-0.1, -0.05) is 25.0 Å². The highest BCUT2D eigenvalue weighted by Gasteiger charge is 2.35. The minimum Gasteiger partial charge on any atom is -0.335 e. The number of carbonyl (C=O) groups is 2. The van der Waals surface area contributed by atoms with Crippen LogP contribution in [0.4, 0.5) is 10.5 Å². The first-order valence-corrected chi connectivity index (χ1v) is 9.70. The number of urea groups is 1. The van der Waals surface area contributed by atoms with E-state index in [9.17, 15) is 19.7 Å². The maximum absolute atomic E-state index is 12.4. The van der Waals surface area contributed by atoms with E-state index in [1.807, 2.05) is 16.8 Å². The summed E-state index contributed by atoms with van der Waals surface area (Å²) in [5.74, 6) is 0.124. The number of rotatable bonds is 5. The predicted molar refractivity (Wildman–Crippen MR) is 104 cm³/mol. The smallest absolute Gasteiger partial charge is 0.315 e. The largest absolute Gasteiger partial charge is 0.335 e. The van der Waals surface area contributed by atoms with Gasteiger partial charge in [0.25, 0.3) is 5.69 Å². The number of nitrogens with one attached hydrogen (secondary N) is 2. The summed E-state index contributed by atoms with van der Waals surface area (Å²) in [6.45, 7) is 2.26. The molecule has 0 unspecified atom stereocenters. The Labute approximate surface area is 164 Å². The predicted octanol–water partition coefficient (Wildman–Crippen LogP) is 1.48. The number of piperazine rings is 1. The fourth-order valence-corrected chi connectivity index (χ4v) is 3.94. The van der Waals surface area contributed by atoms with Gasteiger partial charge in [-0.25, -0.2) is 4.79 Å². The molecule has 1 aliphatic carbocycles. The van der Waals surface area contributed by atoms with E-state index in [0.29, 0.717) is 13.1 Å². The first-order valence-electron chi connectivity index (χ1n) is 9.70. The second-order valence-corrected chi connectivity index (χ2v) is 7.53. The van der Waals surface area contributed by atoms with Gasteiger partial charge in [0.05, 0.1) is 23.6 Å². The van der Waals surface area contributed by atoms with E-state index < -0.39 is 4.92 Å². The van der Waals surface area contributed by atoms with Crippen molar-refractivity contribution in [1.82, 2.24) is 20.4 Å². The van der Waals surface area contributed by atoms with Crippen molar-refractivity contribution in [2.45, 2.75) is 44.3 Å². The lowest BCUT2D eigenvalue weighted by Gasteiger charge is -2.43.